The number of allylic oxidation sites excluding steroid dienone is 1. The molecule has 0 bridgehead atoms. The van der Waals surface area contributed by atoms with E-state index in [1.165, 1.54) is 0 Å². The molecule has 1 atom stereocenters. The van der Waals surface area contributed by atoms with Crippen LogP contribution in [-0.2, 0) is 5.60 Å². The summed E-state index contributed by atoms with van der Waals surface area (Å²) >= 11 is 0.511. The molecule has 0 aromatic heterocycles. The van der Waals surface area contributed by atoms with Gasteiger partial charge in [0.1, 0.15) is 5.60 Å². The van der Waals surface area contributed by atoms with E-state index in [0.29, 0.717) is 28.8 Å². The van der Waals surface area contributed by atoms with Crippen LogP contribution in [0.1, 0.15) is 17.5 Å². The van der Waals surface area contributed by atoms with Gasteiger partial charge in [-0.05, 0) is 47.0 Å². The van der Waals surface area contributed by atoms with Gasteiger partial charge in [-0.3, -0.25) is 4.99 Å². The van der Waals surface area contributed by atoms with Gasteiger partial charge in [0.15, 0.2) is 0 Å². The lowest BCUT2D eigenvalue weighted by Crippen LogP contribution is -2.25. The maximum absolute atomic E-state index is 12.5. The highest BCUT2D eigenvalue weighted by atomic mass is 32.2. The average molecular weight is 407 g/mol. The third kappa shape index (κ3) is 4.31. The van der Waals surface area contributed by atoms with Gasteiger partial charge in [-0.2, -0.15) is 8.78 Å². The van der Waals surface area contributed by atoms with Crippen molar-refractivity contribution in [1.82, 2.24) is 0 Å². The van der Waals surface area contributed by atoms with Gasteiger partial charge in [-0.1, -0.05) is 72.4 Å². The number of nitrogens with zero attached hydrogens (tertiary/aromatic N) is 1. The van der Waals surface area contributed by atoms with Gasteiger partial charge in [0, 0.05) is 17.0 Å². The minimum absolute atomic E-state index is 0.342. The van der Waals surface area contributed by atoms with E-state index in [2.05, 4.69) is 4.99 Å². The van der Waals surface area contributed by atoms with Crippen LogP contribution >= 0.6 is 11.8 Å². The van der Waals surface area contributed by atoms with Crippen molar-refractivity contribution in [3.05, 3.63) is 102 Å². The Balaban J connectivity index is 1.70. The molecule has 0 amide bonds. The van der Waals surface area contributed by atoms with Gasteiger partial charge in [-0.25, -0.2) is 0 Å². The number of hydrogen-bond donors (Lipinski definition) is 1. The number of aliphatic hydroxyl groups is 1. The summed E-state index contributed by atoms with van der Waals surface area (Å²) in [5.74, 6) is -2.45. The lowest BCUT2D eigenvalue weighted by atomic mass is 9.84. The smallest absolute Gasteiger partial charge is 0.288 e. The monoisotopic (exact) mass is 407 g/mol. The number of benzene rings is 3. The van der Waals surface area contributed by atoms with E-state index >= 15 is 0 Å². The highest BCUT2D eigenvalue weighted by molar-refractivity contribution is 7.99. The van der Waals surface area contributed by atoms with Crippen LogP contribution in [0.4, 0.5) is 14.5 Å². The van der Waals surface area contributed by atoms with Crippen LogP contribution in [-0.4, -0.2) is 16.6 Å². The van der Waals surface area contributed by atoms with Gasteiger partial charge < -0.3 is 5.11 Å². The molecule has 5 heteroatoms. The summed E-state index contributed by atoms with van der Waals surface area (Å²) in [6.07, 6.45) is 2.26. The zero-order chi connectivity index (χ0) is 20.3. The van der Waals surface area contributed by atoms with Crippen molar-refractivity contribution in [3.63, 3.8) is 0 Å². The maximum atomic E-state index is 12.5. The predicted octanol–water partition coefficient (Wildman–Crippen LogP) is 6.45. The highest BCUT2D eigenvalue weighted by Crippen LogP contribution is 2.44. The molecule has 3 aromatic carbocycles. The third-order valence-corrected chi connectivity index (χ3v) is 5.59. The minimum Gasteiger partial charge on any atom is -0.380 e. The second kappa shape index (κ2) is 8.31. The van der Waals surface area contributed by atoms with E-state index in [9.17, 15) is 13.9 Å². The number of halogens is 2. The normalized spacial score (nSPS) is 20.3. The molecule has 0 heterocycles. The molecule has 0 aliphatic heterocycles. The van der Waals surface area contributed by atoms with Gasteiger partial charge in [0.2, 0.25) is 0 Å². The van der Waals surface area contributed by atoms with Gasteiger partial charge >= 0.3 is 0 Å². The quantitative estimate of drug-likeness (QED) is 0.493. The van der Waals surface area contributed by atoms with Crippen molar-refractivity contribution in [2.45, 2.75) is 22.7 Å². The van der Waals surface area contributed by atoms with Crippen LogP contribution in [0.25, 0.3) is 5.57 Å². The summed E-state index contributed by atoms with van der Waals surface area (Å²) in [5, 5.41) is 11.6. The lowest BCUT2D eigenvalue weighted by Gasteiger charge is -2.27. The van der Waals surface area contributed by atoms with Crippen molar-refractivity contribution in [3.8, 4) is 0 Å². The van der Waals surface area contributed by atoms with Crippen molar-refractivity contribution in [2.75, 3.05) is 0 Å². The van der Waals surface area contributed by atoms with Crippen LogP contribution in [0.15, 0.2) is 101 Å². The summed E-state index contributed by atoms with van der Waals surface area (Å²) in [6.45, 7) is 0. The standard InChI is InChI=1S/C24H19F2NOS/c25-23(26)29-21-13-11-19(12-14-21)27-20-15-22(17-7-3-1-4-8-17)24(28,16-20)18-9-5-2-6-10-18/h1-15,23,28H,16H2/t24-/m0/s1. The molecule has 0 saturated heterocycles. The first-order valence-corrected chi connectivity index (χ1v) is 10.1. The Hall–Kier alpha value is -2.76. The first kappa shape index (κ1) is 19.6. The molecule has 0 spiro atoms. The van der Waals surface area contributed by atoms with Gasteiger partial charge in [0.05, 0.1) is 5.69 Å². The van der Waals surface area contributed by atoms with Crippen LogP contribution in [0.3, 0.4) is 0 Å². The second-order valence-electron chi connectivity index (χ2n) is 6.80. The zero-order valence-corrected chi connectivity index (χ0v) is 16.3. The molecule has 1 aliphatic rings. The third-order valence-electron chi connectivity index (χ3n) is 4.86. The fourth-order valence-corrected chi connectivity index (χ4v) is 4.04. The summed E-state index contributed by atoms with van der Waals surface area (Å²) in [7, 11) is 0. The number of rotatable bonds is 5. The Bertz CT molecular complexity index is 1030. The summed E-state index contributed by atoms with van der Waals surface area (Å²) in [4.78, 5) is 5.16. The number of hydrogen-bond acceptors (Lipinski definition) is 3. The molecule has 3 aromatic rings. The summed E-state index contributed by atoms with van der Waals surface area (Å²) < 4.78 is 25.0. The number of aliphatic imine (C=N–C) groups is 1. The Morgan fingerprint density at radius 3 is 2.10 bits per heavy atom. The van der Waals surface area contributed by atoms with Gasteiger partial charge in [-0.15, -0.1) is 0 Å². The van der Waals surface area contributed by atoms with E-state index in [1.807, 2.05) is 66.7 Å². The topological polar surface area (TPSA) is 32.6 Å². The average Bonchev–Trinajstić information content (AvgIpc) is 3.08. The van der Waals surface area contributed by atoms with Crippen LogP contribution < -0.4 is 0 Å². The second-order valence-corrected chi connectivity index (χ2v) is 7.87. The van der Waals surface area contributed by atoms with E-state index < -0.39 is 11.4 Å². The van der Waals surface area contributed by atoms with Crippen LogP contribution in [0.5, 0.6) is 0 Å². The van der Waals surface area contributed by atoms with Gasteiger partial charge in [0.25, 0.3) is 5.76 Å². The Morgan fingerprint density at radius 1 is 0.862 bits per heavy atom. The molecule has 0 fully saturated rings. The maximum Gasteiger partial charge on any atom is 0.288 e. The van der Waals surface area contributed by atoms with E-state index in [4.69, 9.17) is 0 Å². The molecule has 1 N–H and O–H groups in total. The fourth-order valence-electron chi connectivity index (χ4n) is 3.55. The molecule has 4 rings (SSSR count). The predicted molar refractivity (Wildman–Crippen MR) is 115 cm³/mol. The number of alkyl halides is 2. The molecular weight excluding hydrogens is 388 g/mol. The van der Waals surface area contributed by atoms with Crippen molar-refractivity contribution >= 4 is 28.7 Å². The summed E-state index contributed by atoms with van der Waals surface area (Å²) in [6, 6.07) is 26.0. The molecule has 146 valence electrons. The van der Waals surface area contributed by atoms with E-state index in [1.54, 1.807) is 24.3 Å². The van der Waals surface area contributed by atoms with E-state index in [0.717, 1.165) is 22.4 Å². The van der Waals surface area contributed by atoms with Crippen molar-refractivity contribution in [2.24, 2.45) is 4.99 Å². The molecule has 0 saturated carbocycles. The molecule has 1 aliphatic carbocycles. The van der Waals surface area contributed by atoms with E-state index in [-0.39, 0.29) is 0 Å². The highest BCUT2D eigenvalue weighted by Gasteiger charge is 2.40. The Kier molecular flexibility index (Phi) is 5.60. The van der Waals surface area contributed by atoms with Crippen molar-refractivity contribution < 1.29 is 13.9 Å². The number of thioether (sulfide) groups is 1. The minimum atomic E-state index is -2.45. The largest absolute Gasteiger partial charge is 0.380 e. The Morgan fingerprint density at radius 2 is 1.48 bits per heavy atom. The molecule has 0 radical (unpaired) electrons. The van der Waals surface area contributed by atoms with Crippen molar-refractivity contribution in [1.29, 1.82) is 0 Å². The SMILES string of the molecule is O[C@]1(c2ccccc2)CC(=Nc2ccc(SC(F)F)cc2)C=C1c1ccccc1. The molecule has 0 unspecified atom stereocenters. The summed E-state index contributed by atoms with van der Waals surface area (Å²) in [5.41, 5.74) is 2.78. The first-order chi connectivity index (χ1) is 14.0. The van der Waals surface area contributed by atoms with Crippen LogP contribution in [0.2, 0.25) is 0 Å². The van der Waals surface area contributed by atoms with Crippen LogP contribution in [0, 0.1) is 0 Å². The zero-order valence-electron chi connectivity index (χ0n) is 15.5. The fraction of sp³-hybridized carbons (Fsp3) is 0.125. The molecule has 2 nitrogen and oxygen atoms in total. The first-order valence-electron chi connectivity index (χ1n) is 9.22. The molecular formula is C24H19F2NOS. The Labute approximate surface area is 172 Å². The lowest BCUT2D eigenvalue weighted by molar-refractivity contribution is 0.113. The molecule has 29 heavy (non-hydrogen) atoms.